The van der Waals surface area contributed by atoms with Crippen LogP contribution >= 0.6 is 23.2 Å². The van der Waals surface area contributed by atoms with Crippen LogP contribution in [0.2, 0.25) is 10.0 Å². The lowest BCUT2D eigenvalue weighted by molar-refractivity contribution is 0.859. The highest BCUT2D eigenvalue weighted by atomic mass is 35.5. The van der Waals surface area contributed by atoms with Gasteiger partial charge in [0.1, 0.15) is 17.5 Å². The van der Waals surface area contributed by atoms with Crippen molar-refractivity contribution in [2.45, 2.75) is 0 Å². The molecule has 0 aliphatic heterocycles. The van der Waals surface area contributed by atoms with Gasteiger partial charge in [-0.1, -0.05) is 23.2 Å². The van der Waals surface area contributed by atoms with E-state index in [0.29, 0.717) is 21.3 Å². The van der Waals surface area contributed by atoms with Crippen LogP contribution < -0.4 is 16.9 Å². The van der Waals surface area contributed by atoms with E-state index in [2.05, 4.69) is 0 Å². The minimum absolute atomic E-state index is 0.00773. The number of nitriles is 1. The Morgan fingerprint density at radius 3 is 2.36 bits per heavy atom. The van der Waals surface area contributed by atoms with E-state index in [4.69, 9.17) is 28.9 Å². The molecular weight excluding hydrogens is 363 g/mol. The number of benzene rings is 1. The predicted octanol–water partition coefficient (Wildman–Crippen LogP) is 2.66. The van der Waals surface area contributed by atoms with Crippen LogP contribution in [0.3, 0.4) is 0 Å². The van der Waals surface area contributed by atoms with Crippen molar-refractivity contribution in [2.24, 2.45) is 14.1 Å². The van der Waals surface area contributed by atoms with E-state index in [-0.39, 0.29) is 22.2 Å². The van der Waals surface area contributed by atoms with Crippen molar-refractivity contribution in [3.63, 3.8) is 0 Å². The molecule has 0 bridgehead atoms. The van der Waals surface area contributed by atoms with E-state index in [9.17, 15) is 14.9 Å². The van der Waals surface area contributed by atoms with Gasteiger partial charge in [-0.15, -0.1) is 0 Å². The maximum Gasteiger partial charge on any atom is 0.270 e. The zero-order valence-corrected chi connectivity index (χ0v) is 14.8. The standard InChI is InChI=1S/C17H12Cl2N4O2/c1-22-13(9-4-3-8(18)5-12(9)19)6-10-11(7-20)16(24)23(2)15(21)14(10)17(22)25/h3-6H,21H2,1-2H3. The summed E-state index contributed by atoms with van der Waals surface area (Å²) < 4.78 is 2.47. The van der Waals surface area contributed by atoms with E-state index < -0.39 is 11.1 Å². The number of hydrogen-bond donors (Lipinski definition) is 1. The lowest BCUT2D eigenvalue weighted by atomic mass is 10.0. The third-order valence-corrected chi connectivity index (χ3v) is 4.70. The first-order chi connectivity index (χ1) is 11.8. The highest BCUT2D eigenvalue weighted by molar-refractivity contribution is 6.36. The molecule has 1 aromatic carbocycles. The first-order valence-corrected chi connectivity index (χ1v) is 7.91. The molecule has 3 rings (SSSR count). The number of aromatic nitrogens is 2. The molecule has 0 spiro atoms. The van der Waals surface area contributed by atoms with Crippen molar-refractivity contribution in [1.82, 2.24) is 9.13 Å². The normalized spacial score (nSPS) is 10.8. The topological polar surface area (TPSA) is 93.8 Å². The Hall–Kier alpha value is -2.75. The number of nitrogens with two attached hydrogens (primary N) is 1. The summed E-state index contributed by atoms with van der Waals surface area (Å²) in [4.78, 5) is 25.1. The summed E-state index contributed by atoms with van der Waals surface area (Å²) in [7, 11) is 2.99. The number of rotatable bonds is 1. The molecule has 0 saturated carbocycles. The van der Waals surface area contributed by atoms with Crippen molar-refractivity contribution in [3.8, 4) is 17.3 Å². The largest absolute Gasteiger partial charge is 0.384 e. The molecule has 0 saturated heterocycles. The van der Waals surface area contributed by atoms with Crippen LogP contribution in [-0.2, 0) is 14.1 Å². The van der Waals surface area contributed by atoms with Gasteiger partial charge in [0.2, 0.25) is 0 Å². The van der Waals surface area contributed by atoms with Crippen molar-refractivity contribution in [3.05, 3.63) is 60.6 Å². The summed E-state index contributed by atoms with van der Waals surface area (Å²) in [6.07, 6.45) is 0. The van der Waals surface area contributed by atoms with Gasteiger partial charge < -0.3 is 10.3 Å². The van der Waals surface area contributed by atoms with Crippen LogP contribution in [0.15, 0.2) is 33.9 Å². The van der Waals surface area contributed by atoms with Crippen LogP contribution in [-0.4, -0.2) is 9.13 Å². The maximum absolute atomic E-state index is 12.8. The summed E-state index contributed by atoms with van der Waals surface area (Å²) in [5.74, 6) is 0.00773. The fourth-order valence-electron chi connectivity index (χ4n) is 2.77. The first-order valence-electron chi connectivity index (χ1n) is 7.15. The molecule has 25 heavy (non-hydrogen) atoms. The Labute approximate surface area is 152 Å². The molecule has 3 aromatic rings. The summed E-state index contributed by atoms with van der Waals surface area (Å²) >= 11 is 12.2. The smallest absolute Gasteiger partial charge is 0.270 e. The minimum atomic E-state index is -0.561. The van der Waals surface area contributed by atoms with Gasteiger partial charge in [-0.3, -0.25) is 14.2 Å². The van der Waals surface area contributed by atoms with Crippen LogP contribution in [0.4, 0.5) is 5.82 Å². The lowest BCUT2D eigenvalue weighted by Gasteiger charge is -2.15. The summed E-state index contributed by atoms with van der Waals surface area (Å²) in [6, 6.07) is 8.30. The number of fused-ring (bicyclic) bond motifs is 1. The van der Waals surface area contributed by atoms with E-state index >= 15 is 0 Å². The predicted molar refractivity (Wildman–Crippen MR) is 99.0 cm³/mol. The van der Waals surface area contributed by atoms with Crippen molar-refractivity contribution >= 4 is 39.8 Å². The van der Waals surface area contributed by atoms with E-state index in [1.54, 1.807) is 31.3 Å². The van der Waals surface area contributed by atoms with Gasteiger partial charge in [0, 0.05) is 30.1 Å². The molecule has 0 aliphatic carbocycles. The van der Waals surface area contributed by atoms with Gasteiger partial charge in [-0.25, -0.2) is 0 Å². The molecule has 2 aromatic heterocycles. The Bertz CT molecular complexity index is 1200. The molecule has 0 radical (unpaired) electrons. The van der Waals surface area contributed by atoms with Crippen LogP contribution in [0, 0.1) is 11.3 Å². The van der Waals surface area contributed by atoms with Gasteiger partial charge in [-0.2, -0.15) is 5.26 Å². The van der Waals surface area contributed by atoms with Crippen LogP contribution in [0.1, 0.15) is 5.56 Å². The Morgan fingerprint density at radius 2 is 1.76 bits per heavy atom. The molecule has 126 valence electrons. The third kappa shape index (κ3) is 2.49. The number of nitrogen functional groups attached to an aromatic ring is 1. The zero-order valence-electron chi connectivity index (χ0n) is 13.3. The average molecular weight is 375 g/mol. The molecule has 2 heterocycles. The lowest BCUT2D eigenvalue weighted by Crippen LogP contribution is -2.28. The number of pyridine rings is 2. The van der Waals surface area contributed by atoms with Gasteiger partial charge in [0.15, 0.2) is 0 Å². The molecule has 2 N–H and O–H groups in total. The summed E-state index contributed by atoms with van der Waals surface area (Å²) in [6.45, 7) is 0. The fourth-order valence-corrected chi connectivity index (χ4v) is 3.27. The fraction of sp³-hybridized carbons (Fsp3) is 0.118. The second-order valence-corrected chi connectivity index (χ2v) is 6.39. The van der Waals surface area contributed by atoms with Crippen molar-refractivity contribution in [2.75, 3.05) is 5.73 Å². The van der Waals surface area contributed by atoms with Gasteiger partial charge >= 0.3 is 0 Å². The van der Waals surface area contributed by atoms with E-state index in [1.165, 1.54) is 11.6 Å². The SMILES string of the molecule is Cn1c(N)c2c(=O)n(C)c(-c3ccc(Cl)cc3Cl)cc2c(C#N)c1=O. The molecule has 0 aliphatic rings. The highest BCUT2D eigenvalue weighted by Gasteiger charge is 2.19. The molecule has 0 amide bonds. The van der Waals surface area contributed by atoms with Crippen LogP contribution in [0.5, 0.6) is 0 Å². The monoisotopic (exact) mass is 374 g/mol. The number of hydrogen-bond acceptors (Lipinski definition) is 4. The molecule has 8 heteroatoms. The average Bonchev–Trinajstić information content (AvgIpc) is 2.56. The molecular formula is C17H12Cl2N4O2. The van der Waals surface area contributed by atoms with E-state index in [1.807, 2.05) is 6.07 Å². The Balaban J connectivity index is 2.56. The third-order valence-electron chi connectivity index (χ3n) is 4.15. The highest BCUT2D eigenvalue weighted by Crippen LogP contribution is 2.31. The van der Waals surface area contributed by atoms with Gasteiger partial charge in [-0.05, 0) is 24.3 Å². The summed E-state index contributed by atoms with van der Waals surface area (Å²) in [5.41, 5.74) is 5.82. The van der Waals surface area contributed by atoms with Crippen molar-refractivity contribution < 1.29 is 0 Å². The quantitative estimate of drug-likeness (QED) is 0.708. The molecule has 0 fully saturated rings. The van der Waals surface area contributed by atoms with E-state index in [0.717, 1.165) is 4.57 Å². The van der Waals surface area contributed by atoms with Gasteiger partial charge in [0.05, 0.1) is 16.1 Å². The molecule has 6 nitrogen and oxygen atoms in total. The van der Waals surface area contributed by atoms with Gasteiger partial charge in [0.25, 0.3) is 11.1 Å². The zero-order chi connectivity index (χ0) is 18.5. The Kier molecular flexibility index (Phi) is 4.07. The second-order valence-electron chi connectivity index (χ2n) is 5.54. The number of halogens is 2. The molecule has 0 unspecified atom stereocenters. The maximum atomic E-state index is 12.8. The number of anilines is 1. The minimum Gasteiger partial charge on any atom is -0.384 e. The first kappa shape index (κ1) is 17.1. The Morgan fingerprint density at radius 1 is 1.08 bits per heavy atom. The van der Waals surface area contributed by atoms with Crippen molar-refractivity contribution in [1.29, 1.82) is 5.26 Å². The molecule has 0 atom stereocenters. The second kappa shape index (κ2) is 5.96. The summed E-state index contributed by atoms with van der Waals surface area (Å²) in [5, 5.41) is 10.5. The number of nitrogens with zero attached hydrogens (tertiary/aromatic N) is 3. The van der Waals surface area contributed by atoms with Crippen LogP contribution in [0.25, 0.3) is 22.0 Å².